The molecule has 2 aromatic rings. The third kappa shape index (κ3) is 2.23. The van der Waals surface area contributed by atoms with Crippen molar-refractivity contribution in [2.24, 2.45) is 7.05 Å². The average Bonchev–Trinajstić information content (AvgIpc) is 2.79. The lowest BCUT2D eigenvalue weighted by Crippen LogP contribution is -2.25. The fraction of sp³-hybridized carbons (Fsp3) is 0.571. The molecule has 0 saturated heterocycles. The van der Waals surface area contributed by atoms with Gasteiger partial charge in [0, 0.05) is 18.5 Å². The predicted molar refractivity (Wildman–Crippen MR) is 81.7 cm³/mol. The van der Waals surface area contributed by atoms with Crippen LogP contribution in [0.4, 0.5) is 5.95 Å². The zero-order chi connectivity index (χ0) is 14.3. The van der Waals surface area contributed by atoms with Crippen LogP contribution in [0.25, 0.3) is 10.2 Å². The van der Waals surface area contributed by atoms with Crippen LogP contribution < -0.4 is 10.9 Å². The number of hydrogen-bond acceptors (Lipinski definition) is 5. The van der Waals surface area contributed by atoms with Crippen LogP contribution in [0.2, 0.25) is 0 Å². The summed E-state index contributed by atoms with van der Waals surface area (Å²) < 4.78 is 1.55. The van der Waals surface area contributed by atoms with Crippen molar-refractivity contribution in [3.63, 3.8) is 0 Å². The van der Waals surface area contributed by atoms with Crippen LogP contribution in [0.1, 0.15) is 30.2 Å². The fourth-order valence-electron chi connectivity index (χ4n) is 2.68. The van der Waals surface area contributed by atoms with Crippen molar-refractivity contribution < 1.29 is 5.11 Å². The SMILES string of the molecule is CC(O)CNc1nc2sc3c(c2c(=O)n1C)CCCC3. The van der Waals surface area contributed by atoms with Gasteiger partial charge in [-0.05, 0) is 38.2 Å². The Bertz CT molecular complexity index is 702. The van der Waals surface area contributed by atoms with Gasteiger partial charge in [0.05, 0.1) is 11.5 Å². The highest BCUT2D eigenvalue weighted by molar-refractivity contribution is 7.18. The number of aryl methyl sites for hydroxylation is 2. The fourth-order valence-corrected chi connectivity index (χ4v) is 3.93. The topological polar surface area (TPSA) is 67.2 Å². The van der Waals surface area contributed by atoms with Gasteiger partial charge < -0.3 is 10.4 Å². The van der Waals surface area contributed by atoms with Gasteiger partial charge in [-0.1, -0.05) is 0 Å². The van der Waals surface area contributed by atoms with Crippen molar-refractivity contribution in [3.05, 3.63) is 20.8 Å². The number of anilines is 1. The first-order valence-electron chi connectivity index (χ1n) is 7.01. The lowest BCUT2D eigenvalue weighted by atomic mass is 9.97. The first-order valence-corrected chi connectivity index (χ1v) is 7.82. The standard InChI is InChI=1S/C14H19N3O2S/c1-8(18)7-15-14-16-12-11(13(19)17(14)2)9-5-3-4-6-10(9)20-12/h8,18H,3-7H2,1-2H3,(H,15,16). The maximum atomic E-state index is 12.6. The average molecular weight is 293 g/mol. The second-order valence-electron chi connectivity index (χ2n) is 5.42. The number of nitrogens with one attached hydrogen (secondary N) is 1. The summed E-state index contributed by atoms with van der Waals surface area (Å²) in [4.78, 5) is 19.3. The van der Waals surface area contributed by atoms with Gasteiger partial charge in [0.1, 0.15) is 4.83 Å². The number of aliphatic hydroxyl groups excluding tert-OH is 1. The molecular formula is C14H19N3O2S. The Kier molecular flexibility index (Phi) is 3.52. The lowest BCUT2D eigenvalue weighted by molar-refractivity contribution is 0.208. The van der Waals surface area contributed by atoms with Crippen LogP contribution in [-0.4, -0.2) is 27.3 Å². The molecule has 1 atom stereocenters. The highest BCUT2D eigenvalue weighted by Gasteiger charge is 2.21. The molecule has 6 heteroatoms. The summed E-state index contributed by atoms with van der Waals surface area (Å²) in [6, 6.07) is 0. The summed E-state index contributed by atoms with van der Waals surface area (Å²) in [6.07, 6.45) is 3.94. The van der Waals surface area contributed by atoms with E-state index in [1.807, 2.05) is 0 Å². The first-order chi connectivity index (χ1) is 9.58. The van der Waals surface area contributed by atoms with Gasteiger partial charge in [-0.15, -0.1) is 11.3 Å². The molecule has 5 nitrogen and oxygen atoms in total. The maximum Gasteiger partial charge on any atom is 0.263 e. The Morgan fingerprint density at radius 2 is 2.20 bits per heavy atom. The van der Waals surface area contributed by atoms with Crippen molar-refractivity contribution in [2.45, 2.75) is 38.7 Å². The van der Waals surface area contributed by atoms with E-state index in [9.17, 15) is 9.90 Å². The molecule has 20 heavy (non-hydrogen) atoms. The Hall–Kier alpha value is -1.40. The molecule has 2 heterocycles. The molecule has 0 spiro atoms. The van der Waals surface area contributed by atoms with Crippen molar-refractivity contribution in [1.82, 2.24) is 9.55 Å². The normalized spacial score (nSPS) is 16.1. The number of nitrogens with zero attached hydrogens (tertiary/aromatic N) is 2. The lowest BCUT2D eigenvalue weighted by Gasteiger charge is -2.12. The van der Waals surface area contributed by atoms with Gasteiger partial charge in [-0.3, -0.25) is 9.36 Å². The number of rotatable bonds is 3. The number of hydrogen-bond donors (Lipinski definition) is 2. The van der Waals surface area contributed by atoms with Gasteiger partial charge in [0.2, 0.25) is 5.95 Å². The van der Waals surface area contributed by atoms with E-state index in [-0.39, 0.29) is 5.56 Å². The molecule has 3 rings (SSSR count). The van der Waals surface area contributed by atoms with Crippen LogP contribution in [0.15, 0.2) is 4.79 Å². The number of aliphatic hydroxyl groups is 1. The summed E-state index contributed by atoms with van der Waals surface area (Å²) in [7, 11) is 1.73. The molecule has 0 bridgehead atoms. The van der Waals surface area contributed by atoms with Crippen molar-refractivity contribution >= 4 is 27.5 Å². The number of aromatic nitrogens is 2. The molecule has 1 aliphatic carbocycles. The van der Waals surface area contributed by atoms with Crippen molar-refractivity contribution in [1.29, 1.82) is 0 Å². The molecule has 0 amide bonds. The molecule has 0 fully saturated rings. The van der Waals surface area contributed by atoms with Gasteiger partial charge >= 0.3 is 0 Å². The second kappa shape index (κ2) is 5.18. The quantitative estimate of drug-likeness (QED) is 0.903. The minimum Gasteiger partial charge on any atom is -0.392 e. The van der Waals surface area contributed by atoms with Crippen LogP contribution in [0.3, 0.4) is 0 Å². The summed E-state index contributed by atoms with van der Waals surface area (Å²) in [6.45, 7) is 2.09. The highest BCUT2D eigenvalue weighted by Crippen LogP contribution is 2.34. The molecule has 2 aromatic heterocycles. The number of thiophene rings is 1. The predicted octanol–water partition coefficient (Wildman–Crippen LogP) is 1.67. The monoisotopic (exact) mass is 293 g/mol. The van der Waals surface area contributed by atoms with Gasteiger partial charge in [0.25, 0.3) is 5.56 Å². The van der Waals surface area contributed by atoms with E-state index in [1.54, 1.807) is 29.9 Å². The van der Waals surface area contributed by atoms with Crippen LogP contribution in [0, 0.1) is 0 Å². The molecular weight excluding hydrogens is 274 g/mol. The maximum absolute atomic E-state index is 12.6. The summed E-state index contributed by atoms with van der Waals surface area (Å²) in [5, 5.41) is 13.2. The minimum atomic E-state index is -0.473. The molecule has 1 unspecified atom stereocenters. The van der Waals surface area contributed by atoms with E-state index in [0.29, 0.717) is 12.5 Å². The summed E-state index contributed by atoms with van der Waals surface area (Å²) in [5.74, 6) is 0.530. The Balaban J connectivity index is 2.12. The molecule has 2 N–H and O–H groups in total. The summed E-state index contributed by atoms with van der Waals surface area (Å²) >= 11 is 1.64. The molecule has 0 aromatic carbocycles. The van der Waals surface area contributed by atoms with Gasteiger partial charge in [-0.25, -0.2) is 4.98 Å². The Morgan fingerprint density at radius 3 is 2.95 bits per heavy atom. The minimum absolute atomic E-state index is 0.0162. The van der Waals surface area contributed by atoms with E-state index in [4.69, 9.17) is 0 Å². The van der Waals surface area contributed by atoms with E-state index < -0.39 is 6.10 Å². The van der Waals surface area contributed by atoms with Crippen LogP contribution in [0.5, 0.6) is 0 Å². The van der Waals surface area contributed by atoms with E-state index in [2.05, 4.69) is 10.3 Å². The van der Waals surface area contributed by atoms with Gasteiger partial charge in [0.15, 0.2) is 0 Å². The molecule has 0 saturated carbocycles. The third-order valence-corrected chi connectivity index (χ3v) is 4.94. The molecule has 0 radical (unpaired) electrons. The van der Waals surface area contributed by atoms with E-state index in [1.165, 1.54) is 16.9 Å². The van der Waals surface area contributed by atoms with Crippen molar-refractivity contribution in [2.75, 3.05) is 11.9 Å². The Labute approximate surface area is 121 Å². The molecule has 108 valence electrons. The van der Waals surface area contributed by atoms with E-state index in [0.717, 1.165) is 29.5 Å². The Morgan fingerprint density at radius 1 is 1.45 bits per heavy atom. The second-order valence-corrected chi connectivity index (χ2v) is 6.50. The van der Waals surface area contributed by atoms with Crippen LogP contribution >= 0.6 is 11.3 Å². The van der Waals surface area contributed by atoms with Gasteiger partial charge in [-0.2, -0.15) is 0 Å². The van der Waals surface area contributed by atoms with E-state index >= 15 is 0 Å². The zero-order valence-electron chi connectivity index (χ0n) is 11.8. The largest absolute Gasteiger partial charge is 0.392 e. The first kappa shape index (κ1) is 13.6. The molecule has 0 aliphatic heterocycles. The molecule has 1 aliphatic rings. The highest BCUT2D eigenvalue weighted by atomic mass is 32.1. The zero-order valence-corrected chi connectivity index (χ0v) is 12.6. The summed E-state index contributed by atoms with van der Waals surface area (Å²) in [5.41, 5.74) is 1.23. The smallest absolute Gasteiger partial charge is 0.263 e. The number of fused-ring (bicyclic) bond motifs is 3. The van der Waals surface area contributed by atoms with Crippen molar-refractivity contribution in [3.8, 4) is 0 Å². The third-order valence-electron chi connectivity index (χ3n) is 3.75. The van der Waals surface area contributed by atoms with Crippen LogP contribution in [-0.2, 0) is 19.9 Å².